The number of carboxylic acids is 2. The number of rotatable bonds is 6. The summed E-state index contributed by atoms with van der Waals surface area (Å²) < 4.78 is 0. The zero-order valence-corrected chi connectivity index (χ0v) is 13.5. The van der Waals surface area contributed by atoms with Gasteiger partial charge in [-0.25, -0.2) is 0 Å². The Labute approximate surface area is 143 Å². The third kappa shape index (κ3) is 3.58. The Kier molecular flexibility index (Phi) is 5.58. The van der Waals surface area contributed by atoms with Crippen LogP contribution in [0.1, 0.15) is 31.2 Å². The molecule has 24 heavy (non-hydrogen) atoms. The highest BCUT2D eigenvalue weighted by Crippen LogP contribution is 2.38. The molecule has 1 aromatic carbocycles. The van der Waals surface area contributed by atoms with Gasteiger partial charge in [-0.3, -0.25) is 19.7 Å². The van der Waals surface area contributed by atoms with E-state index in [4.69, 9.17) is 16.7 Å². The number of aliphatic carboxylic acids is 2. The maximum atomic E-state index is 12.7. The fourth-order valence-corrected chi connectivity index (χ4v) is 3.36. The minimum atomic E-state index is -1.53. The van der Waals surface area contributed by atoms with Gasteiger partial charge in [0.1, 0.15) is 17.7 Å². The van der Waals surface area contributed by atoms with Gasteiger partial charge in [-0.05, 0) is 30.9 Å². The number of Topliss-reactive ketones (excluding diaryl/α,β-unsaturated/α-hetero) is 1. The Morgan fingerprint density at radius 3 is 2.58 bits per heavy atom. The Hall–Kier alpha value is -1.96. The quantitative estimate of drug-likeness (QED) is 0.603. The van der Waals surface area contributed by atoms with Crippen molar-refractivity contribution in [2.75, 3.05) is 0 Å². The lowest BCUT2D eigenvalue weighted by Gasteiger charge is -2.41. The van der Waals surface area contributed by atoms with Crippen LogP contribution >= 0.6 is 11.6 Å². The summed E-state index contributed by atoms with van der Waals surface area (Å²) in [5.41, 5.74) is -1.19. The SMILES string of the molecule is O=C(O)C[C@H](N[C@@]1(c2ccccc2Cl)CCC[C@@H](O)C1=O)C(=O)O. The normalized spacial score (nSPS) is 25.2. The zero-order valence-electron chi connectivity index (χ0n) is 12.7. The van der Waals surface area contributed by atoms with Gasteiger partial charge in [-0.2, -0.15) is 0 Å². The lowest BCUT2D eigenvalue weighted by molar-refractivity contribution is -0.149. The second kappa shape index (κ2) is 7.29. The molecule has 0 aromatic heterocycles. The van der Waals surface area contributed by atoms with Crippen molar-refractivity contribution in [2.45, 2.75) is 43.4 Å². The molecule has 0 radical (unpaired) electrons. The summed E-state index contributed by atoms with van der Waals surface area (Å²) in [6.07, 6.45) is -1.02. The molecule has 7 nitrogen and oxygen atoms in total. The van der Waals surface area contributed by atoms with E-state index in [9.17, 15) is 24.6 Å². The van der Waals surface area contributed by atoms with Crippen molar-refractivity contribution in [2.24, 2.45) is 0 Å². The predicted molar refractivity (Wildman–Crippen MR) is 84.8 cm³/mol. The van der Waals surface area contributed by atoms with E-state index in [0.29, 0.717) is 12.0 Å². The maximum absolute atomic E-state index is 12.7. The Balaban J connectivity index is 2.51. The Morgan fingerprint density at radius 1 is 1.33 bits per heavy atom. The molecule has 0 spiro atoms. The summed E-state index contributed by atoms with van der Waals surface area (Å²) >= 11 is 6.19. The van der Waals surface area contributed by atoms with Crippen molar-refractivity contribution < 1.29 is 29.7 Å². The number of hydrogen-bond donors (Lipinski definition) is 4. The lowest BCUT2D eigenvalue weighted by atomic mass is 9.73. The van der Waals surface area contributed by atoms with Crippen LogP contribution < -0.4 is 5.32 Å². The van der Waals surface area contributed by atoms with E-state index < -0.39 is 41.8 Å². The van der Waals surface area contributed by atoms with E-state index in [1.54, 1.807) is 24.3 Å². The number of carbonyl (C=O) groups excluding carboxylic acids is 1. The highest BCUT2D eigenvalue weighted by molar-refractivity contribution is 6.31. The van der Waals surface area contributed by atoms with Gasteiger partial charge in [0.15, 0.2) is 5.78 Å². The number of aliphatic hydroxyl groups is 1. The maximum Gasteiger partial charge on any atom is 0.321 e. The minimum Gasteiger partial charge on any atom is -0.481 e. The van der Waals surface area contributed by atoms with E-state index in [1.165, 1.54) is 0 Å². The number of ketones is 1. The zero-order chi connectivity index (χ0) is 17.9. The summed E-state index contributed by atoms with van der Waals surface area (Å²) in [7, 11) is 0. The summed E-state index contributed by atoms with van der Waals surface area (Å²) in [5.74, 6) is -3.30. The average Bonchev–Trinajstić information content (AvgIpc) is 2.51. The molecule has 3 atom stereocenters. The van der Waals surface area contributed by atoms with Crippen LogP contribution in [0.25, 0.3) is 0 Å². The van der Waals surface area contributed by atoms with Gasteiger partial charge >= 0.3 is 11.9 Å². The van der Waals surface area contributed by atoms with E-state index in [0.717, 1.165) is 0 Å². The number of carboxylic acid groups (broad SMARTS) is 2. The third-order valence-electron chi connectivity index (χ3n) is 4.18. The highest BCUT2D eigenvalue weighted by Gasteiger charge is 2.48. The number of halogens is 1. The van der Waals surface area contributed by atoms with Gasteiger partial charge in [-0.1, -0.05) is 29.8 Å². The first-order chi connectivity index (χ1) is 11.3. The van der Waals surface area contributed by atoms with Crippen molar-refractivity contribution in [1.82, 2.24) is 5.32 Å². The lowest BCUT2D eigenvalue weighted by Crippen LogP contribution is -2.60. The summed E-state index contributed by atoms with van der Waals surface area (Å²) in [6, 6.07) is 4.95. The molecular formula is C16H18ClNO6. The first kappa shape index (κ1) is 18.4. The van der Waals surface area contributed by atoms with Crippen molar-refractivity contribution in [3.63, 3.8) is 0 Å². The van der Waals surface area contributed by atoms with E-state index >= 15 is 0 Å². The van der Waals surface area contributed by atoms with Crippen LogP contribution in [-0.4, -0.2) is 45.2 Å². The molecule has 0 heterocycles. The smallest absolute Gasteiger partial charge is 0.321 e. The average molecular weight is 356 g/mol. The summed E-state index contributed by atoms with van der Waals surface area (Å²) in [5, 5.41) is 31.1. The second-order valence-electron chi connectivity index (χ2n) is 5.79. The molecule has 0 bridgehead atoms. The van der Waals surface area contributed by atoms with Crippen LogP contribution in [0.5, 0.6) is 0 Å². The highest BCUT2D eigenvalue weighted by atomic mass is 35.5. The molecule has 8 heteroatoms. The molecule has 1 aromatic rings. The topological polar surface area (TPSA) is 124 Å². The molecule has 1 aliphatic rings. The molecule has 2 rings (SSSR count). The molecular weight excluding hydrogens is 338 g/mol. The molecule has 4 N–H and O–H groups in total. The summed E-state index contributed by atoms with van der Waals surface area (Å²) in [6.45, 7) is 0. The molecule has 1 aliphatic carbocycles. The fourth-order valence-electron chi connectivity index (χ4n) is 3.07. The molecule has 1 saturated carbocycles. The Morgan fingerprint density at radius 2 is 2.00 bits per heavy atom. The molecule has 130 valence electrons. The molecule has 0 aliphatic heterocycles. The van der Waals surface area contributed by atoms with Crippen LogP contribution in [-0.2, 0) is 19.9 Å². The Bertz CT molecular complexity index is 664. The monoisotopic (exact) mass is 355 g/mol. The van der Waals surface area contributed by atoms with Crippen molar-refractivity contribution in [3.8, 4) is 0 Å². The second-order valence-corrected chi connectivity index (χ2v) is 6.20. The molecule has 0 saturated heterocycles. The van der Waals surface area contributed by atoms with Gasteiger partial charge in [0.2, 0.25) is 0 Å². The largest absolute Gasteiger partial charge is 0.481 e. The van der Waals surface area contributed by atoms with E-state index in [1.807, 2.05) is 0 Å². The van der Waals surface area contributed by atoms with Gasteiger partial charge < -0.3 is 15.3 Å². The number of carbonyl (C=O) groups is 3. The van der Waals surface area contributed by atoms with E-state index in [2.05, 4.69) is 5.32 Å². The van der Waals surface area contributed by atoms with Crippen molar-refractivity contribution in [3.05, 3.63) is 34.9 Å². The van der Waals surface area contributed by atoms with Crippen molar-refractivity contribution >= 4 is 29.3 Å². The minimum absolute atomic E-state index is 0.218. The fraction of sp³-hybridized carbons (Fsp3) is 0.438. The standard InChI is InChI=1S/C16H18ClNO6/c17-10-5-2-1-4-9(10)16(7-3-6-12(19)14(16)22)18-11(15(23)24)8-13(20)21/h1-2,4-5,11-12,18-19H,3,6-8H2,(H,20,21)(H,23,24)/t11-,12+,16+/m0/s1. The number of hydrogen-bond acceptors (Lipinski definition) is 5. The van der Waals surface area contributed by atoms with Gasteiger partial charge in [-0.15, -0.1) is 0 Å². The van der Waals surface area contributed by atoms with Crippen LogP contribution in [0.3, 0.4) is 0 Å². The van der Waals surface area contributed by atoms with Gasteiger partial charge in [0, 0.05) is 5.02 Å². The van der Waals surface area contributed by atoms with Gasteiger partial charge in [0.05, 0.1) is 6.42 Å². The van der Waals surface area contributed by atoms with Crippen LogP contribution in [0.2, 0.25) is 5.02 Å². The molecule has 0 unspecified atom stereocenters. The van der Waals surface area contributed by atoms with Crippen LogP contribution in [0, 0.1) is 0 Å². The van der Waals surface area contributed by atoms with Crippen molar-refractivity contribution in [1.29, 1.82) is 0 Å². The first-order valence-corrected chi connectivity index (χ1v) is 7.85. The van der Waals surface area contributed by atoms with E-state index in [-0.39, 0.29) is 17.9 Å². The number of aliphatic hydroxyl groups excluding tert-OH is 1. The third-order valence-corrected chi connectivity index (χ3v) is 4.51. The molecule has 1 fully saturated rings. The number of benzene rings is 1. The first-order valence-electron chi connectivity index (χ1n) is 7.47. The van der Waals surface area contributed by atoms with Gasteiger partial charge in [0.25, 0.3) is 0 Å². The predicted octanol–water partition coefficient (Wildman–Crippen LogP) is 1.17. The van der Waals surface area contributed by atoms with Crippen LogP contribution in [0.4, 0.5) is 0 Å². The molecule has 0 amide bonds. The van der Waals surface area contributed by atoms with Crippen LogP contribution in [0.15, 0.2) is 24.3 Å². The number of nitrogens with one attached hydrogen (secondary N) is 1. The summed E-state index contributed by atoms with van der Waals surface area (Å²) in [4.78, 5) is 35.1.